The smallest absolute Gasteiger partial charge is 0.240 e. The number of hydrogen-bond acceptors (Lipinski definition) is 6. The number of thiazole rings is 1. The average Bonchev–Trinajstić information content (AvgIpc) is 2.85. The predicted octanol–water partition coefficient (Wildman–Crippen LogP) is 1.35. The summed E-state index contributed by atoms with van der Waals surface area (Å²) in [5.74, 6) is -0.193. The molecule has 0 aliphatic heterocycles. The Bertz CT molecular complexity index is 798. The standard InChI is InChI=1S/C14H17N3O4S2/c1-9-13(22-14(16-9)17-10(2)19)11-3-5-12(6-4-11)23(20,21)15-7-8-18/h3-6,15,18H,7-8H2,1-2H3,(H,16,17,19). The molecule has 0 spiro atoms. The lowest BCUT2D eigenvalue weighted by molar-refractivity contribution is -0.114. The summed E-state index contributed by atoms with van der Waals surface area (Å²) < 4.78 is 26.2. The van der Waals surface area contributed by atoms with Crippen molar-refractivity contribution in [3.63, 3.8) is 0 Å². The van der Waals surface area contributed by atoms with Gasteiger partial charge in [-0.1, -0.05) is 23.5 Å². The third kappa shape index (κ3) is 4.35. The van der Waals surface area contributed by atoms with E-state index in [1.54, 1.807) is 12.1 Å². The Labute approximate surface area is 138 Å². The molecular weight excluding hydrogens is 338 g/mol. The number of hydrogen-bond donors (Lipinski definition) is 3. The van der Waals surface area contributed by atoms with Gasteiger partial charge in [0.15, 0.2) is 5.13 Å². The van der Waals surface area contributed by atoms with E-state index < -0.39 is 10.0 Å². The van der Waals surface area contributed by atoms with Crippen molar-refractivity contribution < 1.29 is 18.3 Å². The van der Waals surface area contributed by atoms with E-state index >= 15 is 0 Å². The van der Waals surface area contributed by atoms with Crippen molar-refractivity contribution in [2.75, 3.05) is 18.5 Å². The van der Waals surface area contributed by atoms with Crippen molar-refractivity contribution in [2.24, 2.45) is 0 Å². The van der Waals surface area contributed by atoms with E-state index in [0.29, 0.717) is 5.13 Å². The van der Waals surface area contributed by atoms with E-state index in [2.05, 4.69) is 15.0 Å². The fourth-order valence-electron chi connectivity index (χ4n) is 1.92. The van der Waals surface area contributed by atoms with Crippen LogP contribution in [0.15, 0.2) is 29.2 Å². The molecule has 3 N–H and O–H groups in total. The number of nitrogens with zero attached hydrogens (tertiary/aromatic N) is 1. The first kappa shape index (κ1) is 17.5. The lowest BCUT2D eigenvalue weighted by Crippen LogP contribution is -2.26. The monoisotopic (exact) mass is 355 g/mol. The maximum absolute atomic E-state index is 12.0. The second kappa shape index (κ2) is 7.18. The van der Waals surface area contributed by atoms with E-state index in [0.717, 1.165) is 16.1 Å². The zero-order valence-corrected chi connectivity index (χ0v) is 14.3. The van der Waals surface area contributed by atoms with Crippen LogP contribution in [0.4, 0.5) is 5.13 Å². The Morgan fingerprint density at radius 2 is 1.96 bits per heavy atom. The molecule has 0 aliphatic rings. The number of aromatic nitrogens is 1. The molecule has 1 aromatic carbocycles. The zero-order valence-electron chi connectivity index (χ0n) is 12.7. The van der Waals surface area contributed by atoms with Crippen LogP contribution in [0.1, 0.15) is 12.6 Å². The van der Waals surface area contributed by atoms with Crippen LogP contribution >= 0.6 is 11.3 Å². The fourth-order valence-corrected chi connectivity index (χ4v) is 3.96. The summed E-state index contributed by atoms with van der Waals surface area (Å²) in [7, 11) is -3.62. The Morgan fingerprint density at radius 1 is 1.30 bits per heavy atom. The van der Waals surface area contributed by atoms with Crippen molar-refractivity contribution in [1.29, 1.82) is 0 Å². The summed E-state index contributed by atoms with van der Waals surface area (Å²) >= 11 is 1.33. The van der Waals surface area contributed by atoms with Gasteiger partial charge in [0.25, 0.3) is 0 Å². The van der Waals surface area contributed by atoms with Crippen LogP contribution in [-0.4, -0.2) is 37.6 Å². The van der Waals surface area contributed by atoms with Crippen molar-refractivity contribution in [2.45, 2.75) is 18.7 Å². The highest BCUT2D eigenvalue weighted by Crippen LogP contribution is 2.33. The van der Waals surface area contributed by atoms with Gasteiger partial charge in [-0.05, 0) is 24.6 Å². The average molecular weight is 355 g/mol. The molecule has 0 aliphatic carbocycles. The number of benzene rings is 1. The quantitative estimate of drug-likeness (QED) is 0.725. The summed E-state index contributed by atoms with van der Waals surface area (Å²) in [5, 5.41) is 11.8. The molecule has 1 aromatic heterocycles. The van der Waals surface area contributed by atoms with Gasteiger partial charge < -0.3 is 10.4 Å². The minimum Gasteiger partial charge on any atom is -0.395 e. The first-order valence-electron chi connectivity index (χ1n) is 6.79. The summed E-state index contributed by atoms with van der Waals surface area (Å²) in [6.45, 7) is 2.95. The number of nitrogens with one attached hydrogen (secondary N) is 2. The first-order chi connectivity index (χ1) is 10.8. The summed E-state index contributed by atoms with van der Waals surface area (Å²) in [5.41, 5.74) is 1.57. The van der Waals surface area contributed by atoms with Crippen LogP contribution in [0.3, 0.4) is 0 Å². The highest BCUT2D eigenvalue weighted by Gasteiger charge is 2.15. The number of carbonyl (C=O) groups excluding carboxylic acids is 1. The minimum atomic E-state index is -3.62. The molecule has 0 atom stereocenters. The van der Waals surface area contributed by atoms with Crippen LogP contribution < -0.4 is 10.0 Å². The molecule has 0 saturated heterocycles. The molecule has 124 valence electrons. The van der Waals surface area contributed by atoms with Gasteiger partial charge in [-0.25, -0.2) is 18.1 Å². The van der Waals surface area contributed by atoms with Crippen molar-refractivity contribution in [3.05, 3.63) is 30.0 Å². The molecule has 1 heterocycles. The van der Waals surface area contributed by atoms with E-state index in [-0.39, 0.29) is 24.0 Å². The van der Waals surface area contributed by atoms with Crippen molar-refractivity contribution >= 4 is 32.4 Å². The maximum Gasteiger partial charge on any atom is 0.240 e. The van der Waals surface area contributed by atoms with Gasteiger partial charge in [0.2, 0.25) is 15.9 Å². The zero-order chi connectivity index (χ0) is 17.0. The number of sulfonamides is 1. The number of aliphatic hydroxyl groups is 1. The second-order valence-corrected chi connectivity index (χ2v) is 7.53. The number of aryl methyl sites for hydroxylation is 1. The molecule has 23 heavy (non-hydrogen) atoms. The molecule has 7 nitrogen and oxygen atoms in total. The Balaban J connectivity index is 2.26. The van der Waals surface area contributed by atoms with Gasteiger partial charge in [-0.15, -0.1) is 0 Å². The Morgan fingerprint density at radius 3 is 2.52 bits per heavy atom. The lowest BCUT2D eigenvalue weighted by Gasteiger charge is -2.06. The fraction of sp³-hybridized carbons (Fsp3) is 0.286. The highest BCUT2D eigenvalue weighted by atomic mass is 32.2. The number of anilines is 1. The number of amides is 1. The van der Waals surface area contributed by atoms with Crippen LogP contribution in [0.5, 0.6) is 0 Å². The number of rotatable bonds is 6. The molecule has 1 amide bonds. The topological polar surface area (TPSA) is 108 Å². The van der Waals surface area contributed by atoms with E-state index in [9.17, 15) is 13.2 Å². The first-order valence-corrected chi connectivity index (χ1v) is 9.09. The molecule has 0 fully saturated rings. The van der Waals surface area contributed by atoms with Crippen LogP contribution in [0.2, 0.25) is 0 Å². The molecule has 0 bridgehead atoms. The maximum atomic E-state index is 12.0. The number of aliphatic hydroxyl groups excluding tert-OH is 1. The van der Waals surface area contributed by atoms with Crippen molar-refractivity contribution in [3.8, 4) is 10.4 Å². The Hall–Kier alpha value is -1.81. The van der Waals surface area contributed by atoms with E-state index in [1.165, 1.54) is 30.4 Å². The SMILES string of the molecule is CC(=O)Nc1nc(C)c(-c2ccc(S(=O)(=O)NCCO)cc2)s1. The van der Waals surface area contributed by atoms with Gasteiger partial charge in [-0.2, -0.15) is 0 Å². The predicted molar refractivity (Wildman–Crippen MR) is 88.9 cm³/mol. The largest absolute Gasteiger partial charge is 0.395 e. The molecule has 2 rings (SSSR count). The number of carbonyl (C=O) groups is 1. The summed E-state index contributed by atoms with van der Waals surface area (Å²) in [4.78, 5) is 16.3. The summed E-state index contributed by atoms with van der Waals surface area (Å²) in [6.07, 6.45) is 0. The van der Waals surface area contributed by atoms with Gasteiger partial charge in [0.05, 0.1) is 22.1 Å². The minimum absolute atomic E-state index is 0.0296. The third-order valence-electron chi connectivity index (χ3n) is 2.91. The molecule has 0 radical (unpaired) electrons. The Kier molecular flexibility index (Phi) is 5.47. The summed E-state index contributed by atoms with van der Waals surface area (Å²) in [6, 6.07) is 6.36. The van der Waals surface area contributed by atoms with Crippen LogP contribution in [0.25, 0.3) is 10.4 Å². The van der Waals surface area contributed by atoms with Gasteiger partial charge >= 0.3 is 0 Å². The van der Waals surface area contributed by atoms with Gasteiger partial charge in [-0.3, -0.25) is 4.79 Å². The third-order valence-corrected chi connectivity index (χ3v) is 5.51. The molecule has 9 heteroatoms. The highest BCUT2D eigenvalue weighted by molar-refractivity contribution is 7.89. The van der Waals surface area contributed by atoms with Crippen molar-refractivity contribution in [1.82, 2.24) is 9.71 Å². The molecule has 2 aromatic rings. The second-order valence-electron chi connectivity index (χ2n) is 4.76. The molecule has 0 unspecified atom stereocenters. The van der Waals surface area contributed by atoms with E-state index in [1.807, 2.05) is 6.92 Å². The van der Waals surface area contributed by atoms with E-state index in [4.69, 9.17) is 5.11 Å². The van der Waals surface area contributed by atoms with Crippen LogP contribution in [0, 0.1) is 6.92 Å². The normalized spacial score (nSPS) is 11.4. The lowest BCUT2D eigenvalue weighted by atomic mass is 10.2. The van der Waals surface area contributed by atoms with Gasteiger partial charge in [0.1, 0.15) is 0 Å². The molecular formula is C14H17N3O4S2. The molecule has 0 saturated carbocycles. The van der Waals surface area contributed by atoms with Gasteiger partial charge in [0, 0.05) is 13.5 Å². The van der Waals surface area contributed by atoms with Crippen LogP contribution in [-0.2, 0) is 14.8 Å².